The van der Waals surface area contributed by atoms with Gasteiger partial charge in [0.25, 0.3) is 5.91 Å². The Kier molecular flexibility index (Phi) is 7.39. The van der Waals surface area contributed by atoms with Crippen LogP contribution in [0.2, 0.25) is 0 Å². The molecule has 3 aromatic rings. The molecule has 0 unspecified atom stereocenters. The first-order valence-corrected chi connectivity index (χ1v) is 16.9. The molecule has 1 amide bonds. The molecule has 1 heterocycles. The lowest BCUT2D eigenvalue weighted by atomic mass is 10.1. The highest BCUT2D eigenvalue weighted by Crippen LogP contribution is 3.02. The van der Waals surface area contributed by atoms with Crippen LogP contribution in [-0.4, -0.2) is 59.3 Å². The first kappa shape index (κ1) is 31.9. The minimum absolute atomic E-state index is 0.0903. The van der Waals surface area contributed by atoms with E-state index in [-0.39, 0.29) is 41.3 Å². The van der Waals surface area contributed by atoms with Crippen LogP contribution >= 0.6 is 10.2 Å². The predicted molar refractivity (Wildman–Crippen MR) is 145 cm³/mol. The number of sulfonamides is 2. The molecule has 0 fully saturated rings. The fraction of sp³-hybridized carbons (Fsp3) is 0.273. The summed E-state index contributed by atoms with van der Waals surface area (Å²) in [6, 6.07) is 2.69. The molecule has 0 bridgehead atoms. The maximum atomic E-state index is 13.8. The van der Waals surface area contributed by atoms with Crippen molar-refractivity contribution in [2.45, 2.75) is 18.4 Å². The van der Waals surface area contributed by atoms with Crippen LogP contribution in [-0.2, 0) is 26.6 Å². The molecule has 228 valence electrons. The first-order valence-electron chi connectivity index (χ1n) is 11.3. The summed E-state index contributed by atoms with van der Waals surface area (Å²) in [4.78, 5) is 22.7. The van der Waals surface area contributed by atoms with Crippen LogP contribution in [0.15, 0.2) is 41.4 Å². The summed E-state index contributed by atoms with van der Waals surface area (Å²) in [6.45, 7) is 1.02. The van der Waals surface area contributed by atoms with E-state index in [4.69, 9.17) is 10.5 Å². The fourth-order valence-corrected chi connectivity index (χ4v) is 7.62. The van der Waals surface area contributed by atoms with Crippen molar-refractivity contribution in [2.24, 2.45) is 0 Å². The lowest BCUT2D eigenvalue weighted by Crippen LogP contribution is -2.35. The molecule has 0 atom stereocenters. The predicted octanol–water partition coefficient (Wildman–Crippen LogP) is 4.25. The third-order valence-electron chi connectivity index (χ3n) is 5.59. The largest absolute Gasteiger partial charge is 0.493 e. The number of ether oxygens (including phenoxy) is 1. The van der Waals surface area contributed by atoms with Crippen LogP contribution in [0.4, 0.5) is 30.9 Å². The Morgan fingerprint density at radius 2 is 1.59 bits per heavy atom. The van der Waals surface area contributed by atoms with Crippen LogP contribution in [0.3, 0.4) is 0 Å². The number of benzene rings is 2. The molecule has 0 spiro atoms. The molecule has 0 aliphatic rings. The third kappa shape index (κ3) is 6.84. The van der Waals surface area contributed by atoms with Gasteiger partial charge in [-0.2, -0.15) is 3.71 Å². The highest BCUT2D eigenvalue weighted by atomic mass is 32.5. The zero-order chi connectivity index (χ0) is 31.4. The van der Waals surface area contributed by atoms with E-state index in [2.05, 4.69) is 5.32 Å². The molecule has 19 heteroatoms. The Morgan fingerprint density at radius 1 is 1.00 bits per heavy atom. The summed E-state index contributed by atoms with van der Waals surface area (Å²) in [7, 11) is -18.9. The number of nitrogens with two attached hydrogens (primary N) is 1. The second-order valence-electron chi connectivity index (χ2n) is 8.92. The van der Waals surface area contributed by atoms with Crippen molar-refractivity contribution in [3.05, 3.63) is 47.7 Å². The van der Waals surface area contributed by atoms with Gasteiger partial charge < -0.3 is 20.4 Å². The van der Waals surface area contributed by atoms with Crippen molar-refractivity contribution in [1.29, 1.82) is 0 Å². The van der Waals surface area contributed by atoms with Gasteiger partial charge in [-0.05, 0) is 37.3 Å². The van der Waals surface area contributed by atoms with Gasteiger partial charge in [0.05, 0.1) is 36.9 Å². The van der Waals surface area contributed by atoms with E-state index in [1.807, 2.05) is 0 Å². The topological polar surface area (TPSA) is 158 Å². The number of carbonyl (C=O) groups is 2. The number of aromatic nitrogens is 1. The van der Waals surface area contributed by atoms with Crippen molar-refractivity contribution >= 4 is 64.2 Å². The molecular weight excluding hydrogens is 623 g/mol. The van der Waals surface area contributed by atoms with Crippen LogP contribution in [0.5, 0.6) is 5.75 Å². The lowest BCUT2D eigenvalue weighted by Gasteiger charge is -2.41. The first-order chi connectivity index (χ1) is 18.4. The van der Waals surface area contributed by atoms with Gasteiger partial charge in [-0.3, -0.25) is 9.59 Å². The minimum Gasteiger partial charge on any atom is -0.493 e. The summed E-state index contributed by atoms with van der Waals surface area (Å²) >= 11 is 0. The Morgan fingerprint density at radius 3 is 2.07 bits per heavy atom. The van der Waals surface area contributed by atoms with Crippen molar-refractivity contribution in [1.82, 2.24) is 9.88 Å². The molecule has 41 heavy (non-hydrogen) atoms. The van der Waals surface area contributed by atoms with E-state index >= 15 is 0 Å². The Bertz CT molecular complexity index is 1780. The van der Waals surface area contributed by atoms with E-state index in [1.54, 1.807) is 6.92 Å². The summed E-state index contributed by atoms with van der Waals surface area (Å²) in [6.07, 6.45) is 1.96. The monoisotopic (exact) mass is 648 g/mol. The van der Waals surface area contributed by atoms with Crippen LogP contribution < -0.4 is 19.5 Å². The standard InChI is InChI=1S/C22H25F5N4O7S3/c1-5-38-20-8-14-11-30(21(28)17(14)10-18(20)22(33)29-2)12-19(32)13-6-15(31(39(3,34)35)40(4,36)37)9-16(7-13)41(23,24,25,26)27/h6-11H,5,12,28H2,1-4H3,(H,29,33). The van der Waals surface area contributed by atoms with Gasteiger partial charge in [-0.15, -0.1) is 0 Å². The molecular formula is C22H25F5N4O7S3. The summed E-state index contributed by atoms with van der Waals surface area (Å²) in [5, 5.41) is 3.03. The van der Waals surface area contributed by atoms with Gasteiger partial charge >= 0.3 is 10.2 Å². The number of rotatable bonds is 10. The van der Waals surface area contributed by atoms with Crippen molar-refractivity contribution < 1.29 is 50.6 Å². The molecule has 0 aliphatic heterocycles. The number of nitrogens with zero attached hydrogens (tertiary/aromatic N) is 2. The van der Waals surface area contributed by atoms with Gasteiger partial charge in [0.1, 0.15) is 16.5 Å². The van der Waals surface area contributed by atoms with Crippen molar-refractivity contribution in [3.8, 4) is 5.75 Å². The molecule has 2 aromatic carbocycles. The number of fused-ring (bicyclic) bond motifs is 1. The number of Topliss-reactive ketones (excluding diaryl/α,β-unsaturated/α-hetero) is 1. The smallest absolute Gasteiger partial charge is 0.310 e. The normalized spacial score (nSPS) is 14.3. The number of nitrogen functional groups attached to an aromatic ring is 1. The number of nitrogens with one attached hydrogen (secondary N) is 1. The average molecular weight is 649 g/mol. The second-order valence-corrected chi connectivity index (χ2v) is 15.2. The van der Waals surface area contributed by atoms with E-state index in [1.165, 1.54) is 25.4 Å². The summed E-state index contributed by atoms with van der Waals surface area (Å²) in [5.74, 6) is -1.74. The number of amides is 1. The van der Waals surface area contributed by atoms with Gasteiger partial charge in [0.15, 0.2) is 5.78 Å². The number of ketones is 1. The number of halogens is 5. The van der Waals surface area contributed by atoms with Crippen molar-refractivity contribution in [3.63, 3.8) is 0 Å². The molecule has 0 saturated carbocycles. The zero-order valence-electron chi connectivity index (χ0n) is 21.8. The highest BCUT2D eigenvalue weighted by molar-refractivity contribution is 8.45. The maximum Gasteiger partial charge on any atom is 0.310 e. The number of carbonyl (C=O) groups excluding carboxylic acids is 2. The van der Waals surface area contributed by atoms with Crippen LogP contribution in [0.1, 0.15) is 27.6 Å². The molecule has 0 radical (unpaired) electrons. The minimum atomic E-state index is -10.6. The molecule has 1 aromatic heterocycles. The van der Waals surface area contributed by atoms with Crippen molar-refractivity contribution in [2.75, 3.05) is 35.6 Å². The maximum absolute atomic E-state index is 13.8. The highest BCUT2D eigenvalue weighted by Gasteiger charge is 2.65. The number of anilines is 2. The summed E-state index contributed by atoms with van der Waals surface area (Å²) < 4.78 is 124. The number of hydrogen-bond donors (Lipinski definition) is 2. The molecule has 3 N–H and O–H groups in total. The summed E-state index contributed by atoms with van der Waals surface area (Å²) in [5.41, 5.74) is 3.79. The second kappa shape index (κ2) is 9.48. The van der Waals surface area contributed by atoms with E-state index in [0.29, 0.717) is 24.0 Å². The molecule has 0 aliphatic carbocycles. The average Bonchev–Trinajstić information content (AvgIpc) is 3.08. The van der Waals surface area contributed by atoms with Gasteiger partial charge in [-0.25, -0.2) is 16.8 Å². The van der Waals surface area contributed by atoms with E-state index in [9.17, 15) is 45.9 Å². The molecule has 0 saturated heterocycles. The van der Waals surface area contributed by atoms with Gasteiger partial charge in [0, 0.05) is 29.6 Å². The van der Waals surface area contributed by atoms with Gasteiger partial charge in [-0.1, -0.05) is 19.4 Å². The van der Waals surface area contributed by atoms with E-state index in [0.717, 1.165) is 4.57 Å². The van der Waals surface area contributed by atoms with E-state index < -0.39 is 68.4 Å². The SMILES string of the molecule is CCOc1cc2cn(CC(=O)c3cc(N(S(C)(=O)=O)S(C)(=O)=O)cc(S(F)(F)(F)(F)F)c3)c(N)c2cc1C(=O)NC. The van der Waals surface area contributed by atoms with Crippen LogP contribution in [0.25, 0.3) is 10.8 Å². The molecule has 3 rings (SSSR count). The Balaban J connectivity index is 2.21. The third-order valence-corrected chi connectivity index (χ3v) is 9.97. The molecule has 11 nitrogen and oxygen atoms in total. The zero-order valence-corrected chi connectivity index (χ0v) is 24.3. The number of hydrogen-bond acceptors (Lipinski definition) is 8. The Labute approximate surface area is 231 Å². The quantitative estimate of drug-likeness (QED) is 0.244. The Hall–Kier alpha value is -3.58. The fourth-order valence-electron chi connectivity index (χ4n) is 3.98. The van der Waals surface area contributed by atoms with Crippen LogP contribution in [0, 0.1) is 0 Å². The van der Waals surface area contributed by atoms with Gasteiger partial charge in [0.2, 0.25) is 20.0 Å². The lowest BCUT2D eigenvalue weighted by molar-refractivity contribution is 0.0955.